The van der Waals surface area contributed by atoms with Crippen molar-refractivity contribution in [3.63, 3.8) is 0 Å². The lowest BCUT2D eigenvalue weighted by molar-refractivity contribution is 0.0657. The lowest BCUT2D eigenvalue weighted by atomic mass is 9.76. The zero-order chi connectivity index (χ0) is 15.0. The van der Waals surface area contributed by atoms with Gasteiger partial charge in [-0.05, 0) is 64.0 Å². The SMILES string of the molecule is Cc1cc(S(=O)(=O)NCC2(N(C)C)CCC2)ccc1N. The van der Waals surface area contributed by atoms with Gasteiger partial charge in [0.15, 0.2) is 0 Å². The van der Waals surface area contributed by atoms with Gasteiger partial charge in [-0.15, -0.1) is 0 Å². The average Bonchev–Trinajstić information content (AvgIpc) is 2.30. The van der Waals surface area contributed by atoms with Crippen LogP contribution < -0.4 is 10.5 Å². The first-order valence-corrected chi connectivity index (χ1v) is 8.28. The van der Waals surface area contributed by atoms with Gasteiger partial charge in [-0.2, -0.15) is 0 Å². The van der Waals surface area contributed by atoms with Gasteiger partial charge in [0.2, 0.25) is 10.0 Å². The second-order valence-corrected chi connectivity index (χ2v) is 7.58. The van der Waals surface area contributed by atoms with Gasteiger partial charge in [0, 0.05) is 17.8 Å². The van der Waals surface area contributed by atoms with E-state index in [0.29, 0.717) is 12.2 Å². The number of nitrogens with one attached hydrogen (secondary N) is 1. The monoisotopic (exact) mass is 297 g/mol. The number of benzene rings is 1. The molecule has 1 aliphatic carbocycles. The fourth-order valence-electron chi connectivity index (χ4n) is 2.50. The summed E-state index contributed by atoms with van der Waals surface area (Å²) in [7, 11) is 0.527. The second kappa shape index (κ2) is 5.35. The van der Waals surface area contributed by atoms with E-state index in [0.717, 1.165) is 24.8 Å². The van der Waals surface area contributed by atoms with Gasteiger partial charge >= 0.3 is 0 Å². The van der Waals surface area contributed by atoms with Crippen molar-refractivity contribution in [1.82, 2.24) is 9.62 Å². The van der Waals surface area contributed by atoms with Crippen LogP contribution in [0.5, 0.6) is 0 Å². The minimum Gasteiger partial charge on any atom is -0.399 e. The zero-order valence-corrected chi connectivity index (χ0v) is 13.1. The van der Waals surface area contributed by atoms with Gasteiger partial charge in [0.1, 0.15) is 0 Å². The number of nitrogens with two attached hydrogens (primary N) is 1. The molecule has 0 amide bonds. The number of hydrogen-bond acceptors (Lipinski definition) is 4. The summed E-state index contributed by atoms with van der Waals surface area (Å²) in [6.45, 7) is 2.26. The molecule has 0 radical (unpaired) electrons. The molecule has 1 aromatic rings. The lowest BCUT2D eigenvalue weighted by Gasteiger charge is -2.47. The normalized spacial score (nSPS) is 18.0. The van der Waals surface area contributed by atoms with Crippen LogP contribution in [0.15, 0.2) is 23.1 Å². The molecular formula is C14H23N3O2S. The first-order valence-electron chi connectivity index (χ1n) is 6.80. The molecule has 5 nitrogen and oxygen atoms in total. The number of likely N-dealkylation sites (N-methyl/N-ethyl adjacent to an activating group) is 1. The molecule has 112 valence electrons. The number of sulfonamides is 1. The summed E-state index contributed by atoms with van der Waals surface area (Å²) in [6.07, 6.45) is 3.22. The molecule has 2 rings (SSSR count). The first-order chi connectivity index (χ1) is 9.27. The second-order valence-electron chi connectivity index (χ2n) is 5.82. The Labute approximate surface area is 121 Å². The third kappa shape index (κ3) is 2.82. The standard InChI is InChI=1S/C14H23N3O2S/c1-11-9-12(5-6-13(11)15)20(18,19)16-10-14(17(2)3)7-4-8-14/h5-6,9,16H,4,7-8,10,15H2,1-3H3. The summed E-state index contributed by atoms with van der Waals surface area (Å²) in [5.74, 6) is 0. The van der Waals surface area contributed by atoms with Crippen LogP contribution in [0.4, 0.5) is 5.69 Å². The molecule has 20 heavy (non-hydrogen) atoms. The van der Waals surface area contributed by atoms with Crippen molar-refractivity contribution in [1.29, 1.82) is 0 Å². The Hall–Kier alpha value is -1.11. The van der Waals surface area contributed by atoms with E-state index in [1.165, 1.54) is 0 Å². The highest BCUT2D eigenvalue weighted by molar-refractivity contribution is 7.89. The molecule has 0 unspecified atom stereocenters. The van der Waals surface area contributed by atoms with E-state index in [-0.39, 0.29) is 10.4 Å². The minimum absolute atomic E-state index is 0.0318. The first kappa shape index (κ1) is 15.3. The molecule has 0 spiro atoms. The molecule has 6 heteroatoms. The van der Waals surface area contributed by atoms with Crippen LogP contribution in [0.1, 0.15) is 24.8 Å². The van der Waals surface area contributed by atoms with Crippen LogP contribution in [0.25, 0.3) is 0 Å². The molecule has 0 atom stereocenters. The van der Waals surface area contributed by atoms with Gasteiger partial charge in [-0.25, -0.2) is 13.1 Å². The highest BCUT2D eigenvalue weighted by Gasteiger charge is 2.39. The highest BCUT2D eigenvalue weighted by Crippen LogP contribution is 2.35. The van der Waals surface area contributed by atoms with Gasteiger partial charge in [0.05, 0.1) is 4.90 Å². The molecule has 0 saturated heterocycles. The van der Waals surface area contributed by atoms with E-state index in [9.17, 15) is 8.42 Å². The summed E-state index contributed by atoms with van der Waals surface area (Å²) >= 11 is 0. The smallest absolute Gasteiger partial charge is 0.240 e. The van der Waals surface area contributed by atoms with Crippen LogP contribution in [0, 0.1) is 6.92 Å². The topological polar surface area (TPSA) is 75.4 Å². The Morgan fingerprint density at radius 1 is 1.35 bits per heavy atom. The van der Waals surface area contributed by atoms with Crippen molar-refractivity contribution >= 4 is 15.7 Å². The average molecular weight is 297 g/mol. The van der Waals surface area contributed by atoms with E-state index in [4.69, 9.17) is 5.73 Å². The molecule has 0 bridgehead atoms. The van der Waals surface area contributed by atoms with Crippen molar-refractivity contribution in [2.75, 3.05) is 26.4 Å². The quantitative estimate of drug-likeness (QED) is 0.804. The van der Waals surface area contributed by atoms with Crippen molar-refractivity contribution in [2.24, 2.45) is 0 Å². The zero-order valence-electron chi connectivity index (χ0n) is 12.3. The molecule has 1 fully saturated rings. The number of rotatable bonds is 5. The predicted octanol–water partition coefficient (Wildman–Crippen LogP) is 1.34. The van der Waals surface area contributed by atoms with Gasteiger partial charge in [0.25, 0.3) is 0 Å². The Morgan fingerprint density at radius 3 is 2.45 bits per heavy atom. The molecule has 1 saturated carbocycles. The predicted molar refractivity (Wildman–Crippen MR) is 81.0 cm³/mol. The maximum absolute atomic E-state index is 12.3. The Bertz CT molecular complexity index is 592. The summed E-state index contributed by atoms with van der Waals surface area (Å²) in [6, 6.07) is 4.80. The molecule has 0 aromatic heterocycles. The van der Waals surface area contributed by atoms with Crippen molar-refractivity contribution < 1.29 is 8.42 Å². The largest absolute Gasteiger partial charge is 0.399 e. The van der Waals surface area contributed by atoms with Crippen LogP contribution in [0.3, 0.4) is 0 Å². The van der Waals surface area contributed by atoms with Gasteiger partial charge < -0.3 is 10.6 Å². The fraction of sp³-hybridized carbons (Fsp3) is 0.571. The fourth-order valence-corrected chi connectivity index (χ4v) is 3.70. The molecule has 1 aliphatic rings. The summed E-state index contributed by atoms with van der Waals surface area (Å²) in [5, 5.41) is 0. The third-order valence-electron chi connectivity index (χ3n) is 4.38. The number of nitrogens with zero attached hydrogens (tertiary/aromatic N) is 1. The van der Waals surface area contributed by atoms with Crippen molar-refractivity contribution in [3.8, 4) is 0 Å². The Balaban J connectivity index is 2.13. The minimum atomic E-state index is -3.47. The Kier molecular flexibility index (Phi) is 4.09. The number of anilines is 1. The summed E-state index contributed by atoms with van der Waals surface area (Å²) in [5.41, 5.74) is 7.07. The van der Waals surface area contributed by atoms with E-state index in [1.807, 2.05) is 21.0 Å². The highest BCUT2D eigenvalue weighted by atomic mass is 32.2. The lowest BCUT2D eigenvalue weighted by Crippen LogP contribution is -2.57. The molecule has 3 N–H and O–H groups in total. The van der Waals surface area contributed by atoms with Crippen LogP contribution in [-0.2, 0) is 10.0 Å². The van der Waals surface area contributed by atoms with E-state index < -0.39 is 10.0 Å². The molecule has 0 aliphatic heterocycles. The van der Waals surface area contributed by atoms with Crippen LogP contribution >= 0.6 is 0 Å². The summed E-state index contributed by atoms with van der Waals surface area (Å²) < 4.78 is 27.4. The maximum Gasteiger partial charge on any atom is 0.240 e. The van der Waals surface area contributed by atoms with Crippen molar-refractivity contribution in [3.05, 3.63) is 23.8 Å². The van der Waals surface area contributed by atoms with E-state index in [1.54, 1.807) is 18.2 Å². The Morgan fingerprint density at radius 2 is 2.00 bits per heavy atom. The van der Waals surface area contributed by atoms with E-state index in [2.05, 4.69) is 9.62 Å². The van der Waals surface area contributed by atoms with E-state index >= 15 is 0 Å². The molecular weight excluding hydrogens is 274 g/mol. The number of aryl methyl sites for hydroxylation is 1. The van der Waals surface area contributed by atoms with Crippen LogP contribution in [0.2, 0.25) is 0 Å². The molecule has 1 aromatic carbocycles. The van der Waals surface area contributed by atoms with Gasteiger partial charge in [-0.3, -0.25) is 0 Å². The summed E-state index contributed by atoms with van der Waals surface area (Å²) in [4.78, 5) is 2.39. The number of hydrogen-bond donors (Lipinski definition) is 2. The van der Waals surface area contributed by atoms with Crippen LogP contribution in [-0.4, -0.2) is 39.5 Å². The van der Waals surface area contributed by atoms with Gasteiger partial charge in [-0.1, -0.05) is 0 Å². The maximum atomic E-state index is 12.3. The van der Waals surface area contributed by atoms with Crippen molar-refractivity contribution in [2.45, 2.75) is 36.6 Å². The third-order valence-corrected chi connectivity index (χ3v) is 5.77. The number of nitrogen functional groups attached to an aromatic ring is 1. The molecule has 0 heterocycles.